The number of aromatic nitrogens is 3. The maximum Gasteiger partial charge on any atom is 0.393 e. The molecule has 5 rings (SSSR count). The van der Waals surface area contributed by atoms with Gasteiger partial charge < -0.3 is 15.0 Å². The smallest absolute Gasteiger partial charge is 0.384 e. The Morgan fingerprint density at radius 3 is 2.49 bits per heavy atom. The lowest BCUT2D eigenvalue weighted by Crippen LogP contribution is -2.25. The van der Waals surface area contributed by atoms with Crippen LogP contribution < -0.4 is 5.32 Å². The van der Waals surface area contributed by atoms with E-state index in [2.05, 4.69) is 15.3 Å². The minimum absolute atomic E-state index is 0.0143. The van der Waals surface area contributed by atoms with Crippen molar-refractivity contribution in [1.29, 1.82) is 0 Å². The van der Waals surface area contributed by atoms with Crippen LogP contribution in [0.1, 0.15) is 59.0 Å². The molecule has 196 valence electrons. The van der Waals surface area contributed by atoms with Gasteiger partial charge in [-0.25, -0.2) is 9.37 Å². The van der Waals surface area contributed by atoms with Crippen molar-refractivity contribution < 1.29 is 27.5 Å². The number of hydrogen-bond acceptors (Lipinski definition) is 4. The van der Waals surface area contributed by atoms with Crippen LogP contribution in [0.5, 0.6) is 0 Å². The molecule has 2 aromatic heterocycles. The van der Waals surface area contributed by atoms with Crippen LogP contribution in [-0.2, 0) is 19.1 Å². The van der Waals surface area contributed by atoms with E-state index in [9.17, 15) is 27.5 Å². The van der Waals surface area contributed by atoms with Crippen molar-refractivity contribution >= 4 is 23.2 Å². The SMILES string of the molecule is Cn1cnc(C2CC3CC(O)(c4ccc(CC(F)(F)F)cn4)CC3C2)c1C(=O)Nc1ccc(F)c(Cl)c1. The van der Waals surface area contributed by atoms with Crippen molar-refractivity contribution in [2.75, 3.05) is 5.32 Å². The van der Waals surface area contributed by atoms with Crippen molar-refractivity contribution in [2.45, 2.75) is 49.8 Å². The van der Waals surface area contributed by atoms with Crippen molar-refractivity contribution in [2.24, 2.45) is 18.9 Å². The molecular formula is C26H25ClF4N4O2. The molecule has 37 heavy (non-hydrogen) atoms. The number of carbonyl (C=O) groups excluding carboxylic acids is 1. The molecule has 6 nitrogen and oxygen atoms in total. The third kappa shape index (κ3) is 5.22. The Labute approximate surface area is 215 Å². The molecule has 0 radical (unpaired) electrons. The molecule has 11 heteroatoms. The molecule has 0 bridgehead atoms. The lowest BCUT2D eigenvalue weighted by atomic mass is 9.89. The first kappa shape index (κ1) is 25.7. The molecule has 2 unspecified atom stereocenters. The van der Waals surface area contributed by atoms with Crippen molar-refractivity contribution in [3.8, 4) is 0 Å². The third-order valence-electron chi connectivity index (χ3n) is 7.49. The minimum Gasteiger partial charge on any atom is -0.384 e. The number of anilines is 1. The molecule has 0 saturated heterocycles. The number of aliphatic hydroxyl groups is 1. The fourth-order valence-electron chi connectivity index (χ4n) is 5.92. The molecule has 3 aromatic rings. The highest BCUT2D eigenvalue weighted by Gasteiger charge is 2.51. The fourth-order valence-corrected chi connectivity index (χ4v) is 6.10. The van der Waals surface area contributed by atoms with Gasteiger partial charge in [0.05, 0.1) is 29.2 Å². The first-order valence-corrected chi connectivity index (χ1v) is 12.3. The summed E-state index contributed by atoms with van der Waals surface area (Å²) in [5, 5.41) is 14.0. The number of imidazole rings is 1. The number of fused-ring (bicyclic) bond motifs is 1. The van der Waals surface area contributed by atoms with Gasteiger partial charge in [0, 0.05) is 24.8 Å². The van der Waals surface area contributed by atoms with Crippen LogP contribution in [-0.4, -0.2) is 31.7 Å². The molecule has 1 amide bonds. The van der Waals surface area contributed by atoms with Gasteiger partial charge in [0.1, 0.15) is 17.1 Å². The Bertz CT molecular complexity index is 1310. The Hall–Kier alpha value is -2.98. The highest BCUT2D eigenvalue weighted by atomic mass is 35.5. The van der Waals surface area contributed by atoms with Crippen molar-refractivity contribution in [3.05, 3.63) is 76.3 Å². The number of benzene rings is 1. The molecule has 0 aliphatic heterocycles. The lowest BCUT2D eigenvalue weighted by Gasteiger charge is -2.24. The van der Waals surface area contributed by atoms with Gasteiger partial charge in [-0.15, -0.1) is 0 Å². The van der Waals surface area contributed by atoms with Gasteiger partial charge >= 0.3 is 6.18 Å². The maximum atomic E-state index is 13.5. The van der Waals surface area contributed by atoms with Crippen molar-refractivity contribution in [1.82, 2.24) is 14.5 Å². The number of nitrogens with one attached hydrogen (secondary N) is 1. The number of aryl methyl sites for hydroxylation is 1. The Kier molecular flexibility index (Phi) is 6.52. The highest BCUT2D eigenvalue weighted by Crippen LogP contribution is 2.56. The fraction of sp³-hybridized carbons (Fsp3) is 0.423. The second-order valence-electron chi connectivity index (χ2n) is 10.1. The summed E-state index contributed by atoms with van der Waals surface area (Å²) < 4.78 is 53.0. The predicted molar refractivity (Wildman–Crippen MR) is 129 cm³/mol. The van der Waals surface area contributed by atoms with Crippen LogP contribution >= 0.6 is 11.6 Å². The zero-order chi connectivity index (χ0) is 26.5. The third-order valence-corrected chi connectivity index (χ3v) is 7.78. The summed E-state index contributed by atoms with van der Waals surface area (Å²) in [5.74, 6) is -0.610. The van der Waals surface area contributed by atoms with Crippen LogP contribution in [0.3, 0.4) is 0 Å². The van der Waals surface area contributed by atoms with Gasteiger partial charge in [0.15, 0.2) is 0 Å². The standard InChI is InChI=1S/C26H25ClF4N4O2/c1-35-13-33-22(23(35)24(36)34-18-3-4-20(28)19(27)8-18)15-6-16-10-25(37,11-17(16)7-15)21-5-2-14(12-32-21)9-26(29,30)31/h2-5,8,12-13,15-17,37H,6-7,9-11H2,1H3,(H,34,36). The molecule has 2 saturated carbocycles. The molecule has 2 N–H and O–H groups in total. The highest BCUT2D eigenvalue weighted by molar-refractivity contribution is 6.31. The summed E-state index contributed by atoms with van der Waals surface area (Å²) >= 11 is 5.83. The normalized spacial score (nSPS) is 25.3. The Balaban J connectivity index is 1.27. The van der Waals surface area contributed by atoms with Gasteiger partial charge in [-0.1, -0.05) is 17.7 Å². The zero-order valence-electron chi connectivity index (χ0n) is 19.9. The zero-order valence-corrected chi connectivity index (χ0v) is 20.7. The number of pyridine rings is 1. The summed E-state index contributed by atoms with van der Waals surface area (Å²) in [6.45, 7) is 0. The van der Waals surface area contributed by atoms with E-state index in [1.807, 2.05) is 0 Å². The summed E-state index contributed by atoms with van der Waals surface area (Å²) in [4.78, 5) is 21.8. The summed E-state index contributed by atoms with van der Waals surface area (Å²) in [7, 11) is 1.73. The summed E-state index contributed by atoms with van der Waals surface area (Å²) in [6, 6.07) is 6.81. The van der Waals surface area contributed by atoms with E-state index in [-0.39, 0.29) is 34.2 Å². The van der Waals surface area contributed by atoms with Gasteiger partial charge in [0.25, 0.3) is 5.91 Å². The average molecular weight is 537 g/mol. The first-order chi connectivity index (χ1) is 17.4. The van der Waals surface area contributed by atoms with E-state index in [0.717, 1.165) is 12.8 Å². The van der Waals surface area contributed by atoms with E-state index in [4.69, 9.17) is 11.6 Å². The number of halogens is 5. The monoisotopic (exact) mass is 536 g/mol. The second-order valence-corrected chi connectivity index (χ2v) is 10.6. The van der Waals surface area contributed by atoms with E-state index < -0.39 is 24.0 Å². The largest absolute Gasteiger partial charge is 0.393 e. The second kappa shape index (κ2) is 9.40. The summed E-state index contributed by atoms with van der Waals surface area (Å²) in [5.41, 5.74) is 0.694. The van der Waals surface area contributed by atoms with Crippen LogP contribution in [0.4, 0.5) is 23.2 Å². The molecule has 2 aliphatic rings. The van der Waals surface area contributed by atoms with E-state index >= 15 is 0 Å². The van der Waals surface area contributed by atoms with Crippen LogP contribution in [0, 0.1) is 17.7 Å². The topological polar surface area (TPSA) is 80.0 Å². The lowest BCUT2D eigenvalue weighted by molar-refractivity contribution is -0.127. The number of carbonyl (C=O) groups is 1. The van der Waals surface area contributed by atoms with Crippen LogP contribution in [0.25, 0.3) is 0 Å². The first-order valence-electron chi connectivity index (χ1n) is 11.9. The van der Waals surface area contributed by atoms with E-state index in [1.54, 1.807) is 17.9 Å². The van der Waals surface area contributed by atoms with Crippen molar-refractivity contribution in [3.63, 3.8) is 0 Å². The molecule has 0 spiro atoms. The van der Waals surface area contributed by atoms with Gasteiger partial charge in [0.2, 0.25) is 0 Å². The van der Waals surface area contributed by atoms with Gasteiger partial charge in [-0.05, 0) is 67.3 Å². The number of alkyl halides is 3. The molecule has 2 atom stereocenters. The minimum atomic E-state index is -4.31. The van der Waals surface area contributed by atoms with Crippen LogP contribution in [0.2, 0.25) is 5.02 Å². The number of rotatable bonds is 5. The quantitative estimate of drug-likeness (QED) is 0.407. The molecule has 2 fully saturated rings. The van der Waals surface area contributed by atoms with E-state index in [0.29, 0.717) is 35.6 Å². The molecule has 1 aromatic carbocycles. The Morgan fingerprint density at radius 1 is 1.19 bits per heavy atom. The van der Waals surface area contributed by atoms with E-state index in [1.165, 1.54) is 36.5 Å². The summed E-state index contributed by atoms with van der Waals surface area (Å²) in [6.07, 6.45) is -0.266. The average Bonchev–Trinajstić information content (AvgIpc) is 3.47. The predicted octanol–water partition coefficient (Wildman–Crippen LogP) is 5.76. The molecular weight excluding hydrogens is 512 g/mol. The van der Waals surface area contributed by atoms with Crippen LogP contribution in [0.15, 0.2) is 42.9 Å². The van der Waals surface area contributed by atoms with Gasteiger partial charge in [-0.3, -0.25) is 9.78 Å². The molecule has 2 heterocycles. The number of nitrogens with zero attached hydrogens (tertiary/aromatic N) is 3. The maximum absolute atomic E-state index is 13.5. The number of amides is 1. The Morgan fingerprint density at radius 2 is 1.89 bits per heavy atom. The molecule has 2 aliphatic carbocycles. The van der Waals surface area contributed by atoms with Gasteiger partial charge in [-0.2, -0.15) is 13.2 Å². The number of hydrogen-bond donors (Lipinski definition) is 2.